The molecule has 0 spiro atoms. The number of aromatic nitrogens is 2. The number of nitrogens with zero attached hydrogens (tertiary/aromatic N) is 3. The number of benzene rings is 2. The van der Waals surface area contributed by atoms with Crippen molar-refractivity contribution in [2.45, 2.75) is 6.92 Å². The van der Waals surface area contributed by atoms with E-state index in [1.54, 1.807) is 36.3 Å². The monoisotopic (exact) mass is 405 g/mol. The lowest BCUT2D eigenvalue weighted by Crippen LogP contribution is -2.34. The highest BCUT2D eigenvalue weighted by Gasteiger charge is 2.17. The second-order valence-electron chi connectivity index (χ2n) is 6.62. The Morgan fingerprint density at radius 1 is 1.23 bits per heavy atom. The molecule has 1 heterocycles. The fourth-order valence-electron chi connectivity index (χ4n) is 2.97. The number of amides is 1. The lowest BCUT2D eigenvalue weighted by atomic mass is 10.2. The topological polar surface area (TPSA) is 114 Å². The number of aliphatic hydroxyl groups excluding tert-OH is 1. The van der Waals surface area contributed by atoms with E-state index in [9.17, 15) is 15.2 Å². The summed E-state index contributed by atoms with van der Waals surface area (Å²) < 4.78 is 5.10. The van der Waals surface area contributed by atoms with E-state index in [1.807, 2.05) is 37.3 Å². The van der Waals surface area contributed by atoms with Gasteiger partial charge >= 0.3 is 0 Å². The minimum atomic E-state index is -0.225. The van der Waals surface area contributed by atoms with Crippen LogP contribution in [0.2, 0.25) is 0 Å². The molecule has 1 aromatic heterocycles. The van der Waals surface area contributed by atoms with Gasteiger partial charge in [0, 0.05) is 5.69 Å². The molecular formula is C22H23N5O3. The second-order valence-corrected chi connectivity index (χ2v) is 6.62. The van der Waals surface area contributed by atoms with Gasteiger partial charge in [-0.1, -0.05) is 19.1 Å². The molecule has 0 saturated heterocycles. The maximum Gasteiger partial charge on any atom is 0.238 e. The van der Waals surface area contributed by atoms with Crippen LogP contribution in [0.25, 0.3) is 16.6 Å². The highest BCUT2D eigenvalue weighted by Crippen LogP contribution is 2.19. The lowest BCUT2D eigenvalue weighted by molar-refractivity contribution is -0.117. The summed E-state index contributed by atoms with van der Waals surface area (Å²) in [4.78, 5) is 21.5. The molecule has 0 aliphatic carbocycles. The number of para-hydroxylation sites is 2. The van der Waals surface area contributed by atoms with E-state index in [1.165, 1.54) is 0 Å². The van der Waals surface area contributed by atoms with Crippen LogP contribution in [0.1, 0.15) is 12.7 Å². The zero-order valence-corrected chi connectivity index (χ0v) is 16.8. The SMILES string of the molecule is CCN(CC(=O)Nc1ccc(OC)cc1)CC(O)=C(C#N)c1nc2ccccc2[nH]1. The van der Waals surface area contributed by atoms with E-state index in [2.05, 4.69) is 15.3 Å². The smallest absolute Gasteiger partial charge is 0.238 e. The number of hydrogen-bond donors (Lipinski definition) is 3. The third kappa shape index (κ3) is 4.96. The van der Waals surface area contributed by atoms with E-state index in [4.69, 9.17) is 4.74 Å². The molecule has 0 atom stereocenters. The Labute approximate surface area is 174 Å². The Bertz CT molecular complexity index is 1060. The van der Waals surface area contributed by atoms with Gasteiger partial charge in [0.05, 0.1) is 31.2 Å². The molecule has 0 aliphatic heterocycles. The van der Waals surface area contributed by atoms with Crippen LogP contribution >= 0.6 is 0 Å². The third-order valence-electron chi connectivity index (χ3n) is 4.59. The number of rotatable bonds is 8. The summed E-state index contributed by atoms with van der Waals surface area (Å²) in [6.45, 7) is 2.50. The van der Waals surface area contributed by atoms with Gasteiger partial charge in [0.15, 0.2) is 5.82 Å². The maximum absolute atomic E-state index is 12.4. The minimum absolute atomic E-state index is 0.0481. The number of carbonyl (C=O) groups is 1. The normalized spacial score (nSPS) is 11.8. The summed E-state index contributed by atoms with van der Waals surface area (Å²) >= 11 is 0. The van der Waals surface area contributed by atoms with Gasteiger partial charge in [-0.05, 0) is 42.9 Å². The number of carbonyl (C=O) groups excluding carboxylic acids is 1. The van der Waals surface area contributed by atoms with Crippen molar-refractivity contribution in [3.63, 3.8) is 0 Å². The molecule has 0 unspecified atom stereocenters. The molecule has 0 aliphatic rings. The highest BCUT2D eigenvalue weighted by atomic mass is 16.5. The van der Waals surface area contributed by atoms with Crippen LogP contribution < -0.4 is 10.1 Å². The summed E-state index contributed by atoms with van der Waals surface area (Å²) in [7, 11) is 1.58. The molecule has 0 saturated carbocycles. The largest absolute Gasteiger partial charge is 0.509 e. The number of aliphatic hydroxyl groups is 1. The predicted molar refractivity (Wildman–Crippen MR) is 115 cm³/mol. The fraction of sp³-hybridized carbons (Fsp3) is 0.227. The molecule has 0 fully saturated rings. The quantitative estimate of drug-likeness (QED) is 0.391. The molecule has 3 N–H and O–H groups in total. The molecule has 3 rings (SSSR count). The number of nitrogens with one attached hydrogen (secondary N) is 2. The van der Waals surface area contributed by atoms with Gasteiger partial charge in [-0.15, -0.1) is 0 Å². The Morgan fingerprint density at radius 3 is 2.60 bits per heavy atom. The van der Waals surface area contributed by atoms with Crippen molar-refractivity contribution in [2.24, 2.45) is 0 Å². The van der Waals surface area contributed by atoms with Crippen molar-refractivity contribution in [1.29, 1.82) is 5.26 Å². The molecule has 154 valence electrons. The number of aromatic amines is 1. The molecule has 8 nitrogen and oxygen atoms in total. The Balaban J connectivity index is 1.69. The summed E-state index contributed by atoms with van der Waals surface area (Å²) in [6.07, 6.45) is 0. The summed E-state index contributed by atoms with van der Waals surface area (Å²) in [5.41, 5.74) is 2.19. The average Bonchev–Trinajstić information content (AvgIpc) is 3.18. The molecule has 8 heteroatoms. The number of imidazole rings is 1. The van der Waals surface area contributed by atoms with Crippen LogP contribution in [-0.4, -0.2) is 52.6 Å². The average molecular weight is 405 g/mol. The Hall–Kier alpha value is -3.83. The maximum atomic E-state index is 12.4. The summed E-state index contributed by atoms with van der Waals surface area (Å²) in [5, 5.41) is 22.9. The second kappa shape index (κ2) is 9.58. The first kappa shape index (κ1) is 20.9. The van der Waals surface area contributed by atoms with Gasteiger partial charge in [-0.2, -0.15) is 5.26 Å². The number of likely N-dealkylation sites (N-methyl/N-ethyl adjacent to an activating group) is 1. The van der Waals surface area contributed by atoms with Crippen LogP contribution in [0.3, 0.4) is 0 Å². The fourth-order valence-corrected chi connectivity index (χ4v) is 2.97. The van der Waals surface area contributed by atoms with Crippen molar-refractivity contribution < 1.29 is 14.6 Å². The first-order valence-corrected chi connectivity index (χ1v) is 9.47. The van der Waals surface area contributed by atoms with E-state index < -0.39 is 0 Å². The minimum Gasteiger partial charge on any atom is -0.509 e. The van der Waals surface area contributed by atoms with Gasteiger partial charge in [-0.25, -0.2) is 4.98 Å². The van der Waals surface area contributed by atoms with Gasteiger partial charge in [0.2, 0.25) is 5.91 Å². The van der Waals surface area contributed by atoms with Crippen LogP contribution in [0, 0.1) is 11.3 Å². The van der Waals surface area contributed by atoms with Crippen molar-refractivity contribution >= 4 is 28.2 Å². The molecule has 1 amide bonds. The van der Waals surface area contributed by atoms with E-state index in [0.29, 0.717) is 29.3 Å². The summed E-state index contributed by atoms with van der Waals surface area (Å²) in [5.74, 6) is 0.635. The van der Waals surface area contributed by atoms with Crippen LogP contribution in [0.5, 0.6) is 5.75 Å². The van der Waals surface area contributed by atoms with E-state index >= 15 is 0 Å². The van der Waals surface area contributed by atoms with Crippen molar-refractivity contribution in [3.8, 4) is 11.8 Å². The van der Waals surface area contributed by atoms with Gasteiger partial charge in [0.25, 0.3) is 0 Å². The first-order valence-electron chi connectivity index (χ1n) is 9.47. The number of methoxy groups -OCH3 is 1. The zero-order valence-electron chi connectivity index (χ0n) is 16.8. The third-order valence-corrected chi connectivity index (χ3v) is 4.59. The molecular weight excluding hydrogens is 382 g/mol. The van der Waals surface area contributed by atoms with Crippen molar-refractivity contribution in [2.75, 3.05) is 32.1 Å². The van der Waals surface area contributed by atoms with Crippen molar-refractivity contribution in [3.05, 3.63) is 60.1 Å². The van der Waals surface area contributed by atoms with Gasteiger partial charge < -0.3 is 20.1 Å². The zero-order chi connectivity index (χ0) is 21.5. The molecule has 30 heavy (non-hydrogen) atoms. The highest BCUT2D eigenvalue weighted by molar-refractivity contribution is 5.92. The van der Waals surface area contributed by atoms with Gasteiger partial charge in [0.1, 0.15) is 23.2 Å². The van der Waals surface area contributed by atoms with Crippen molar-refractivity contribution in [1.82, 2.24) is 14.9 Å². The lowest BCUT2D eigenvalue weighted by Gasteiger charge is -2.19. The van der Waals surface area contributed by atoms with Crippen LogP contribution in [0.4, 0.5) is 5.69 Å². The Kier molecular flexibility index (Phi) is 6.67. The molecule has 0 bridgehead atoms. The molecule has 2 aromatic carbocycles. The number of anilines is 1. The summed E-state index contributed by atoms with van der Waals surface area (Å²) in [6, 6.07) is 16.4. The van der Waals surface area contributed by atoms with Crippen LogP contribution in [0.15, 0.2) is 54.3 Å². The molecule has 0 radical (unpaired) electrons. The number of nitriles is 1. The Morgan fingerprint density at radius 2 is 1.97 bits per heavy atom. The number of hydrogen-bond acceptors (Lipinski definition) is 6. The standard InChI is InChI=1S/C22H23N5O3/c1-3-27(14-21(29)24-15-8-10-16(30-2)11-9-15)13-20(28)17(12-23)22-25-18-6-4-5-7-19(18)26-22/h4-11,28H,3,13-14H2,1-2H3,(H,24,29)(H,25,26). The van der Waals surface area contributed by atoms with Crippen LogP contribution in [-0.2, 0) is 4.79 Å². The first-order chi connectivity index (χ1) is 14.5. The molecule has 3 aromatic rings. The number of ether oxygens (including phenoxy) is 1. The van der Waals surface area contributed by atoms with Gasteiger partial charge in [-0.3, -0.25) is 9.69 Å². The predicted octanol–water partition coefficient (Wildman–Crippen LogP) is 3.32. The van der Waals surface area contributed by atoms with E-state index in [-0.39, 0.29) is 30.3 Å². The number of fused-ring (bicyclic) bond motifs is 1. The number of allylic oxidation sites excluding steroid dienone is 1. The van der Waals surface area contributed by atoms with E-state index in [0.717, 1.165) is 5.52 Å². The number of H-pyrrole nitrogens is 1.